The maximum atomic E-state index is 12.7. The Balaban J connectivity index is 1.84. The van der Waals surface area contributed by atoms with Crippen molar-refractivity contribution in [1.82, 2.24) is 10.6 Å². The third-order valence-corrected chi connectivity index (χ3v) is 5.03. The molecule has 0 aliphatic carbocycles. The van der Waals surface area contributed by atoms with Gasteiger partial charge in [-0.15, -0.1) is 0 Å². The molecule has 1 heterocycles. The van der Waals surface area contributed by atoms with Gasteiger partial charge in [0.2, 0.25) is 0 Å². The van der Waals surface area contributed by atoms with E-state index in [0.29, 0.717) is 23.6 Å². The highest BCUT2D eigenvalue weighted by Crippen LogP contribution is 2.31. The predicted octanol–water partition coefficient (Wildman–Crippen LogP) is 4.92. The number of amides is 2. The molecule has 0 fully saturated rings. The first-order valence-corrected chi connectivity index (χ1v) is 10.1. The number of carbonyl (C=O) groups excluding carboxylic acids is 2. The normalized spacial score (nSPS) is 16.2. The van der Waals surface area contributed by atoms with E-state index in [-0.39, 0.29) is 11.9 Å². The second-order valence-electron chi connectivity index (χ2n) is 7.93. The van der Waals surface area contributed by atoms with Gasteiger partial charge in [0.15, 0.2) is 0 Å². The minimum absolute atomic E-state index is 0.223. The van der Waals surface area contributed by atoms with E-state index in [4.69, 9.17) is 9.47 Å². The van der Waals surface area contributed by atoms with E-state index in [1.54, 1.807) is 6.92 Å². The Kier molecular flexibility index (Phi) is 6.45. The van der Waals surface area contributed by atoms with Crippen LogP contribution in [0.2, 0.25) is 0 Å². The molecule has 0 saturated heterocycles. The van der Waals surface area contributed by atoms with Crippen molar-refractivity contribution < 1.29 is 19.1 Å². The van der Waals surface area contributed by atoms with Crippen LogP contribution < -0.4 is 15.4 Å². The fourth-order valence-corrected chi connectivity index (χ4v) is 3.22. The second-order valence-corrected chi connectivity index (χ2v) is 7.93. The van der Waals surface area contributed by atoms with Gasteiger partial charge in [0.25, 0.3) is 0 Å². The third-order valence-electron chi connectivity index (χ3n) is 5.03. The number of hydrogen-bond acceptors (Lipinski definition) is 4. The summed E-state index contributed by atoms with van der Waals surface area (Å²) in [6, 6.07) is 12.3. The zero-order chi connectivity index (χ0) is 21.8. The molecule has 2 N–H and O–H groups in total. The first kappa shape index (κ1) is 21.4. The van der Waals surface area contributed by atoms with Crippen LogP contribution in [-0.4, -0.2) is 18.6 Å². The molecular weight excluding hydrogens is 380 g/mol. The molecule has 0 saturated carbocycles. The molecule has 6 heteroatoms. The molecule has 30 heavy (non-hydrogen) atoms. The van der Waals surface area contributed by atoms with Crippen molar-refractivity contribution >= 4 is 12.0 Å². The Bertz CT molecular complexity index is 977. The maximum Gasteiger partial charge on any atom is 0.338 e. The first-order valence-electron chi connectivity index (χ1n) is 10.1. The van der Waals surface area contributed by atoms with Gasteiger partial charge in [-0.2, -0.15) is 0 Å². The van der Waals surface area contributed by atoms with Gasteiger partial charge >= 0.3 is 12.0 Å². The van der Waals surface area contributed by atoms with Gasteiger partial charge in [-0.1, -0.05) is 38.1 Å². The van der Waals surface area contributed by atoms with Crippen molar-refractivity contribution in [2.24, 2.45) is 5.92 Å². The van der Waals surface area contributed by atoms with Gasteiger partial charge in [-0.25, -0.2) is 9.59 Å². The summed E-state index contributed by atoms with van der Waals surface area (Å²) < 4.78 is 11.4. The summed E-state index contributed by atoms with van der Waals surface area (Å²) in [4.78, 5) is 24.7. The van der Waals surface area contributed by atoms with Crippen LogP contribution in [0.5, 0.6) is 11.5 Å². The lowest BCUT2D eigenvalue weighted by Crippen LogP contribution is -2.45. The summed E-state index contributed by atoms with van der Waals surface area (Å²) in [5.41, 5.74) is 3.91. The van der Waals surface area contributed by atoms with E-state index >= 15 is 0 Å². The summed E-state index contributed by atoms with van der Waals surface area (Å²) in [6.07, 6.45) is 0. The quantitative estimate of drug-likeness (QED) is 0.665. The molecule has 0 radical (unpaired) electrons. The molecule has 0 aromatic heterocycles. The number of esters is 1. The molecule has 1 atom stereocenters. The molecule has 1 aliphatic heterocycles. The molecule has 3 rings (SSSR count). The monoisotopic (exact) mass is 408 g/mol. The molecular formula is C24H28N2O4. The molecule has 2 aromatic rings. The van der Waals surface area contributed by atoms with Gasteiger partial charge < -0.3 is 20.1 Å². The van der Waals surface area contributed by atoms with E-state index in [1.807, 2.05) is 70.2 Å². The van der Waals surface area contributed by atoms with E-state index < -0.39 is 12.0 Å². The van der Waals surface area contributed by atoms with Gasteiger partial charge in [-0.05, 0) is 61.6 Å². The summed E-state index contributed by atoms with van der Waals surface area (Å²) in [5.74, 6) is 1.26. The highest BCUT2D eigenvalue weighted by Gasteiger charge is 2.32. The van der Waals surface area contributed by atoms with Crippen LogP contribution >= 0.6 is 0 Å². The Morgan fingerprint density at radius 1 is 1.07 bits per heavy atom. The summed E-state index contributed by atoms with van der Waals surface area (Å²) >= 11 is 0. The van der Waals surface area contributed by atoms with Crippen LogP contribution in [0.4, 0.5) is 4.79 Å². The smallest absolute Gasteiger partial charge is 0.338 e. The van der Waals surface area contributed by atoms with Crippen molar-refractivity contribution in [3.05, 3.63) is 70.4 Å². The minimum atomic E-state index is -0.590. The summed E-state index contributed by atoms with van der Waals surface area (Å²) in [6.45, 7) is 10.0. The Morgan fingerprint density at radius 3 is 2.43 bits per heavy atom. The van der Waals surface area contributed by atoms with Crippen molar-refractivity contribution in [2.45, 2.75) is 40.7 Å². The lowest BCUT2D eigenvalue weighted by molar-refractivity contribution is -0.140. The second kappa shape index (κ2) is 9.03. The van der Waals surface area contributed by atoms with E-state index in [0.717, 1.165) is 22.4 Å². The van der Waals surface area contributed by atoms with Crippen LogP contribution in [-0.2, 0) is 9.53 Å². The summed E-state index contributed by atoms with van der Waals surface area (Å²) in [7, 11) is 0. The Morgan fingerprint density at radius 2 is 1.77 bits per heavy atom. The number of urea groups is 1. The number of allylic oxidation sites excluding steroid dienone is 1. The van der Waals surface area contributed by atoms with Crippen LogP contribution in [0.25, 0.3) is 0 Å². The van der Waals surface area contributed by atoms with E-state index in [1.165, 1.54) is 0 Å². The lowest BCUT2D eigenvalue weighted by Gasteiger charge is -2.28. The fourth-order valence-electron chi connectivity index (χ4n) is 3.22. The zero-order valence-electron chi connectivity index (χ0n) is 18.0. The lowest BCUT2D eigenvalue weighted by atomic mass is 9.95. The van der Waals surface area contributed by atoms with Gasteiger partial charge in [-0.3, -0.25) is 0 Å². The van der Waals surface area contributed by atoms with Gasteiger partial charge in [0.05, 0.1) is 18.2 Å². The molecule has 6 nitrogen and oxygen atoms in total. The number of nitrogens with one attached hydrogen (secondary N) is 2. The number of hydrogen-bond donors (Lipinski definition) is 2. The highest BCUT2D eigenvalue weighted by atomic mass is 16.5. The fraction of sp³-hybridized carbons (Fsp3) is 0.333. The van der Waals surface area contributed by atoms with Crippen molar-refractivity contribution in [1.29, 1.82) is 0 Å². The third kappa shape index (κ3) is 4.82. The van der Waals surface area contributed by atoms with Crippen LogP contribution in [0.3, 0.4) is 0 Å². The minimum Gasteiger partial charge on any atom is -0.462 e. The molecule has 2 aromatic carbocycles. The zero-order valence-corrected chi connectivity index (χ0v) is 18.0. The molecule has 1 unspecified atom stereocenters. The van der Waals surface area contributed by atoms with Crippen molar-refractivity contribution in [2.75, 3.05) is 6.61 Å². The highest BCUT2D eigenvalue weighted by molar-refractivity contribution is 5.95. The van der Waals surface area contributed by atoms with Crippen LogP contribution in [0, 0.1) is 19.8 Å². The average molecular weight is 408 g/mol. The molecule has 158 valence electrons. The van der Waals surface area contributed by atoms with Crippen LogP contribution in [0.15, 0.2) is 53.7 Å². The Labute approximate surface area is 177 Å². The maximum absolute atomic E-state index is 12.7. The SMILES string of the molecule is CC1=C(C(=O)OCC(C)C)C(c2ccc(Oc3cccc(C)c3C)cc2)NC(=O)N1. The molecule has 0 spiro atoms. The average Bonchev–Trinajstić information content (AvgIpc) is 2.69. The number of benzene rings is 2. The topological polar surface area (TPSA) is 76.7 Å². The largest absolute Gasteiger partial charge is 0.462 e. The molecule has 0 bridgehead atoms. The number of rotatable bonds is 6. The number of aryl methyl sites for hydroxylation is 1. The molecule has 2 amide bonds. The van der Waals surface area contributed by atoms with Crippen molar-refractivity contribution in [3.63, 3.8) is 0 Å². The van der Waals surface area contributed by atoms with Crippen molar-refractivity contribution in [3.8, 4) is 11.5 Å². The summed E-state index contributed by atoms with van der Waals surface area (Å²) in [5, 5.41) is 5.48. The van der Waals surface area contributed by atoms with E-state index in [9.17, 15) is 9.59 Å². The first-order chi connectivity index (χ1) is 14.3. The number of carbonyl (C=O) groups is 2. The molecule has 1 aliphatic rings. The predicted molar refractivity (Wildman–Crippen MR) is 115 cm³/mol. The Hall–Kier alpha value is -3.28. The van der Waals surface area contributed by atoms with E-state index in [2.05, 4.69) is 10.6 Å². The standard InChI is InChI=1S/C24H28N2O4/c1-14(2)13-29-23(27)21-17(5)25-24(28)26-22(21)18-9-11-19(12-10-18)30-20-8-6-7-15(3)16(20)4/h6-12,14,22H,13H2,1-5H3,(H2,25,26,28). The van der Waals surface area contributed by atoms with Gasteiger partial charge in [0.1, 0.15) is 11.5 Å². The van der Waals surface area contributed by atoms with Crippen LogP contribution in [0.1, 0.15) is 43.5 Å². The van der Waals surface area contributed by atoms with Gasteiger partial charge in [0, 0.05) is 5.70 Å². The number of ether oxygens (including phenoxy) is 2.